The Morgan fingerprint density at radius 2 is 1.72 bits per heavy atom. The Labute approximate surface area is 253 Å². The minimum Gasteiger partial charge on any atom is -0.463 e. The van der Waals surface area contributed by atoms with Crippen LogP contribution < -0.4 is 10.6 Å². The van der Waals surface area contributed by atoms with Crippen LogP contribution in [0.3, 0.4) is 0 Å². The van der Waals surface area contributed by atoms with Crippen molar-refractivity contribution in [3.63, 3.8) is 0 Å². The van der Waals surface area contributed by atoms with E-state index in [-0.39, 0.29) is 57.0 Å². The third-order valence-electron chi connectivity index (χ3n) is 7.09. The lowest BCUT2D eigenvalue weighted by Gasteiger charge is -2.26. The third kappa shape index (κ3) is 13.1. The minimum atomic E-state index is -0.612. The van der Waals surface area contributed by atoms with Crippen molar-refractivity contribution in [2.75, 3.05) is 26.3 Å². The van der Waals surface area contributed by atoms with Gasteiger partial charge in [-0.05, 0) is 43.2 Å². The zero-order valence-corrected chi connectivity index (χ0v) is 24.6. The summed E-state index contributed by atoms with van der Waals surface area (Å²) in [6, 6.07) is 18.5. The average molecular weight is 594 g/mol. The number of hydrogen-bond donors (Lipinski definition) is 3. The number of ether oxygens (including phenoxy) is 2. The Hall–Kier alpha value is -4.18. The number of alkyl carbamates (subject to hydrolysis) is 1. The van der Waals surface area contributed by atoms with E-state index in [1.807, 2.05) is 72.8 Å². The number of esters is 1. The molecule has 0 spiro atoms. The van der Waals surface area contributed by atoms with Crippen LogP contribution in [0.25, 0.3) is 0 Å². The van der Waals surface area contributed by atoms with Crippen LogP contribution in [0.15, 0.2) is 72.8 Å². The van der Waals surface area contributed by atoms with Crippen molar-refractivity contribution < 1.29 is 33.8 Å². The van der Waals surface area contributed by atoms with Crippen molar-refractivity contribution in [2.24, 2.45) is 5.92 Å². The topological polar surface area (TPSA) is 134 Å². The number of carbonyl (C=O) groups is 4. The lowest BCUT2D eigenvalue weighted by atomic mass is 9.97. The Morgan fingerprint density at radius 1 is 1.00 bits per heavy atom. The van der Waals surface area contributed by atoms with E-state index in [4.69, 9.17) is 9.47 Å². The molecule has 2 aromatic carbocycles. The second-order valence-electron chi connectivity index (χ2n) is 10.5. The number of nitrogens with one attached hydrogen (secondary N) is 2. The van der Waals surface area contributed by atoms with Crippen LogP contribution in [0, 0.1) is 5.92 Å². The number of nitrogens with zero attached hydrogens (tertiary/aromatic N) is 1. The van der Waals surface area contributed by atoms with E-state index < -0.39 is 18.1 Å². The van der Waals surface area contributed by atoms with Crippen LogP contribution in [-0.2, 0) is 37.0 Å². The molecule has 10 nitrogen and oxygen atoms in total. The summed E-state index contributed by atoms with van der Waals surface area (Å²) >= 11 is 0. The molecule has 2 atom stereocenters. The van der Waals surface area contributed by atoms with Gasteiger partial charge < -0.3 is 30.1 Å². The fraction of sp³-hybridized carbons (Fsp3) is 0.455. The summed E-state index contributed by atoms with van der Waals surface area (Å²) in [7, 11) is 0. The predicted octanol–water partition coefficient (Wildman–Crippen LogP) is 3.88. The number of cyclic esters (lactones) is 1. The Bertz CT molecular complexity index is 1170. The van der Waals surface area contributed by atoms with Gasteiger partial charge in [0.1, 0.15) is 13.2 Å². The number of aliphatic hydroxyl groups excluding tert-OH is 1. The molecular formula is C33H43N3O7. The third-order valence-corrected chi connectivity index (χ3v) is 7.09. The van der Waals surface area contributed by atoms with E-state index in [0.717, 1.165) is 11.1 Å². The summed E-state index contributed by atoms with van der Waals surface area (Å²) in [4.78, 5) is 52.4. The van der Waals surface area contributed by atoms with Crippen LogP contribution >= 0.6 is 0 Å². The summed E-state index contributed by atoms with van der Waals surface area (Å²) in [5.74, 6) is -1.45. The Balaban J connectivity index is 1.52. The largest absolute Gasteiger partial charge is 0.463 e. The number of benzene rings is 2. The maximum absolute atomic E-state index is 13.4. The Kier molecular flexibility index (Phi) is 14.8. The number of carbonyl (C=O) groups excluding carboxylic acids is 4. The van der Waals surface area contributed by atoms with Gasteiger partial charge in [0.05, 0.1) is 18.6 Å². The molecule has 2 unspecified atom stereocenters. The molecule has 0 saturated carbocycles. The highest BCUT2D eigenvalue weighted by Gasteiger charge is 2.26. The summed E-state index contributed by atoms with van der Waals surface area (Å²) in [6.45, 7) is 0.961. The summed E-state index contributed by atoms with van der Waals surface area (Å²) in [5, 5.41) is 15.3. The first-order valence-corrected chi connectivity index (χ1v) is 14.9. The van der Waals surface area contributed by atoms with E-state index in [0.29, 0.717) is 45.2 Å². The molecule has 1 heterocycles. The fourth-order valence-electron chi connectivity index (χ4n) is 4.68. The van der Waals surface area contributed by atoms with Crippen molar-refractivity contribution in [3.8, 4) is 0 Å². The molecule has 43 heavy (non-hydrogen) atoms. The summed E-state index contributed by atoms with van der Waals surface area (Å²) in [5.41, 5.74) is 1.84. The first-order chi connectivity index (χ1) is 20.9. The highest BCUT2D eigenvalue weighted by atomic mass is 16.5. The van der Waals surface area contributed by atoms with E-state index in [2.05, 4.69) is 10.6 Å². The molecule has 3 N–H and O–H groups in total. The normalized spacial score (nSPS) is 17.5. The predicted molar refractivity (Wildman–Crippen MR) is 161 cm³/mol. The number of rotatable bonds is 13. The summed E-state index contributed by atoms with van der Waals surface area (Å²) < 4.78 is 10.6. The van der Waals surface area contributed by atoms with Crippen molar-refractivity contribution >= 4 is 23.9 Å². The SMILES string of the molecule is O=C1CCC=CCC(CC(=O)N(CCO)Cc2ccccc2)C(=O)NC(CCCCNC(=O)OCc2ccccc2)CO1. The molecule has 3 rings (SSSR count). The number of allylic oxidation sites excluding steroid dienone is 2. The van der Waals surface area contributed by atoms with Gasteiger partial charge in [0.25, 0.3) is 0 Å². The molecule has 0 aliphatic carbocycles. The van der Waals surface area contributed by atoms with Gasteiger partial charge >= 0.3 is 12.1 Å². The molecule has 1 aliphatic heterocycles. The van der Waals surface area contributed by atoms with Crippen molar-refractivity contribution in [2.45, 2.75) is 64.1 Å². The van der Waals surface area contributed by atoms with Crippen LogP contribution in [0.1, 0.15) is 56.1 Å². The van der Waals surface area contributed by atoms with Crippen LogP contribution in [0.5, 0.6) is 0 Å². The van der Waals surface area contributed by atoms with Gasteiger partial charge in [-0.3, -0.25) is 14.4 Å². The van der Waals surface area contributed by atoms with Crippen LogP contribution in [-0.4, -0.2) is 66.2 Å². The van der Waals surface area contributed by atoms with Crippen LogP contribution in [0.4, 0.5) is 4.79 Å². The lowest BCUT2D eigenvalue weighted by molar-refractivity contribution is -0.145. The van der Waals surface area contributed by atoms with Crippen molar-refractivity contribution in [3.05, 3.63) is 83.9 Å². The molecule has 0 saturated heterocycles. The molecule has 1 aliphatic rings. The average Bonchev–Trinajstić information content (AvgIpc) is 3.01. The van der Waals surface area contributed by atoms with Gasteiger partial charge in [-0.2, -0.15) is 0 Å². The van der Waals surface area contributed by atoms with Gasteiger partial charge in [-0.25, -0.2) is 4.79 Å². The molecule has 3 amide bonds. The molecule has 2 aromatic rings. The number of unbranched alkanes of at least 4 members (excludes halogenated alkanes) is 1. The monoisotopic (exact) mass is 593 g/mol. The fourth-order valence-corrected chi connectivity index (χ4v) is 4.68. The zero-order chi connectivity index (χ0) is 30.7. The molecular weight excluding hydrogens is 550 g/mol. The van der Waals surface area contributed by atoms with Gasteiger partial charge in [-0.1, -0.05) is 72.8 Å². The number of aliphatic hydroxyl groups is 1. The van der Waals surface area contributed by atoms with Gasteiger partial charge in [0, 0.05) is 32.5 Å². The van der Waals surface area contributed by atoms with E-state index in [9.17, 15) is 24.3 Å². The Morgan fingerprint density at radius 3 is 2.44 bits per heavy atom. The zero-order valence-electron chi connectivity index (χ0n) is 24.6. The molecule has 10 heteroatoms. The molecule has 0 radical (unpaired) electrons. The second kappa shape index (κ2) is 19.1. The van der Waals surface area contributed by atoms with Gasteiger partial charge in [-0.15, -0.1) is 0 Å². The lowest BCUT2D eigenvalue weighted by Crippen LogP contribution is -2.44. The highest BCUT2D eigenvalue weighted by molar-refractivity contribution is 5.86. The molecule has 0 aromatic heterocycles. The van der Waals surface area contributed by atoms with Crippen molar-refractivity contribution in [1.29, 1.82) is 0 Å². The maximum Gasteiger partial charge on any atom is 0.407 e. The molecule has 0 bridgehead atoms. The van der Waals surface area contributed by atoms with E-state index in [1.54, 1.807) is 4.90 Å². The number of amides is 3. The van der Waals surface area contributed by atoms with Gasteiger partial charge in [0.2, 0.25) is 11.8 Å². The molecule has 232 valence electrons. The quantitative estimate of drug-likeness (QED) is 0.182. The standard InChI is InChI=1S/C33H43N3O7/c37-21-20-36(23-26-12-4-1-5-13-26)30(38)22-28-16-8-3-9-18-31(39)42-25-29(35-32(28)40)17-10-11-19-34-33(41)43-24-27-14-6-2-7-15-27/h1-8,12-15,28-29,37H,9-11,16-25H2,(H,34,41)(H,35,40). The van der Waals surface area contributed by atoms with Crippen LogP contribution in [0.2, 0.25) is 0 Å². The maximum atomic E-state index is 13.4. The summed E-state index contributed by atoms with van der Waals surface area (Å²) in [6.07, 6.45) is 6.06. The highest BCUT2D eigenvalue weighted by Crippen LogP contribution is 2.17. The first kappa shape index (κ1) is 33.3. The first-order valence-electron chi connectivity index (χ1n) is 14.9. The smallest absolute Gasteiger partial charge is 0.407 e. The van der Waals surface area contributed by atoms with E-state index >= 15 is 0 Å². The number of hydrogen-bond acceptors (Lipinski definition) is 7. The second-order valence-corrected chi connectivity index (χ2v) is 10.5. The molecule has 0 fully saturated rings. The van der Waals surface area contributed by atoms with E-state index in [1.165, 1.54) is 0 Å². The van der Waals surface area contributed by atoms with Gasteiger partial charge in [0.15, 0.2) is 0 Å². The van der Waals surface area contributed by atoms with Crippen molar-refractivity contribution in [1.82, 2.24) is 15.5 Å². The minimum absolute atomic E-state index is 0.00940.